The van der Waals surface area contributed by atoms with E-state index >= 15 is 0 Å². The van der Waals surface area contributed by atoms with Crippen LogP contribution >= 0.6 is 0 Å². The maximum atomic E-state index is 13.0. The van der Waals surface area contributed by atoms with Gasteiger partial charge in [-0.1, -0.05) is 12.1 Å². The molecule has 2 rings (SSSR count). The number of halogens is 2. The van der Waals surface area contributed by atoms with Gasteiger partial charge in [-0.05, 0) is 35.4 Å². The van der Waals surface area contributed by atoms with Crippen LogP contribution < -0.4 is 10.1 Å². The van der Waals surface area contributed by atoms with Crippen LogP contribution in [0.2, 0.25) is 0 Å². The van der Waals surface area contributed by atoms with Crippen LogP contribution in [0.1, 0.15) is 11.1 Å². The van der Waals surface area contributed by atoms with E-state index in [4.69, 9.17) is 9.84 Å². The molecule has 1 amide bonds. The standard InChI is InChI=1S/C16H15F2NO3/c17-13-5-12(6-14(18)7-13)8-19-16(21)10-22-15-3-1-11(9-20)2-4-15/h1-7,20H,8-10H2,(H,19,21). The van der Waals surface area contributed by atoms with Crippen molar-refractivity contribution in [1.82, 2.24) is 5.32 Å². The minimum Gasteiger partial charge on any atom is -0.484 e. The number of rotatable bonds is 6. The van der Waals surface area contributed by atoms with Gasteiger partial charge in [0.1, 0.15) is 17.4 Å². The predicted molar refractivity (Wildman–Crippen MR) is 76.1 cm³/mol. The van der Waals surface area contributed by atoms with Crippen molar-refractivity contribution in [2.24, 2.45) is 0 Å². The SMILES string of the molecule is O=C(COc1ccc(CO)cc1)NCc1cc(F)cc(F)c1. The Morgan fingerprint density at radius 2 is 1.68 bits per heavy atom. The molecule has 0 unspecified atom stereocenters. The molecule has 2 N–H and O–H groups in total. The summed E-state index contributed by atoms with van der Waals surface area (Å²) >= 11 is 0. The number of hydrogen-bond donors (Lipinski definition) is 2. The Kier molecular flexibility index (Phi) is 5.43. The summed E-state index contributed by atoms with van der Waals surface area (Å²) in [5, 5.41) is 11.4. The van der Waals surface area contributed by atoms with E-state index in [2.05, 4.69) is 5.32 Å². The van der Waals surface area contributed by atoms with Gasteiger partial charge in [-0.25, -0.2) is 8.78 Å². The van der Waals surface area contributed by atoms with Gasteiger partial charge in [-0.3, -0.25) is 4.79 Å². The molecule has 0 bridgehead atoms. The Hall–Kier alpha value is -2.47. The zero-order valence-electron chi connectivity index (χ0n) is 11.7. The molecule has 2 aromatic rings. The van der Waals surface area contributed by atoms with E-state index in [1.165, 1.54) is 0 Å². The first-order chi connectivity index (χ1) is 10.6. The highest BCUT2D eigenvalue weighted by Gasteiger charge is 2.05. The van der Waals surface area contributed by atoms with E-state index in [1.807, 2.05) is 0 Å². The zero-order valence-corrected chi connectivity index (χ0v) is 11.7. The number of carbonyl (C=O) groups excluding carboxylic acids is 1. The van der Waals surface area contributed by atoms with E-state index in [0.717, 1.165) is 23.8 Å². The van der Waals surface area contributed by atoms with Crippen molar-refractivity contribution in [3.63, 3.8) is 0 Å². The van der Waals surface area contributed by atoms with Gasteiger partial charge < -0.3 is 15.2 Å². The largest absolute Gasteiger partial charge is 0.484 e. The molecule has 2 aromatic carbocycles. The molecular weight excluding hydrogens is 292 g/mol. The van der Waals surface area contributed by atoms with Crippen LogP contribution in [0.4, 0.5) is 8.78 Å². The van der Waals surface area contributed by atoms with Crippen LogP contribution in [0.5, 0.6) is 5.75 Å². The van der Waals surface area contributed by atoms with E-state index in [0.29, 0.717) is 11.3 Å². The van der Waals surface area contributed by atoms with E-state index in [9.17, 15) is 13.6 Å². The molecule has 4 nitrogen and oxygen atoms in total. The third kappa shape index (κ3) is 4.82. The molecule has 0 aromatic heterocycles. The smallest absolute Gasteiger partial charge is 0.258 e. The molecule has 0 spiro atoms. The van der Waals surface area contributed by atoms with Crippen molar-refractivity contribution in [2.75, 3.05) is 6.61 Å². The molecule has 0 saturated carbocycles. The number of hydrogen-bond acceptors (Lipinski definition) is 3. The van der Waals surface area contributed by atoms with Gasteiger partial charge in [0.25, 0.3) is 5.91 Å². The highest BCUT2D eigenvalue weighted by atomic mass is 19.1. The van der Waals surface area contributed by atoms with Crippen LogP contribution in [0.25, 0.3) is 0 Å². The average molecular weight is 307 g/mol. The first kappa shape index (κ1) is 15.9. The minimum atomic E-state index is -0.690. The van der Waals surface area contributed by atoms with Crippen LogP contribution in [0.15, 0.2) is 42.5 Å². The predicted octanol–water partition coefficient (Wildman–Crippen LogP) is 2.15. The van der Waals surface area contributed by atoms with Crippen molar-refractivity contribution < 1.29 is 23.4 Å². The molecule has 116 valence electrons. The summed E-state index contributed by atoms with van der Waals surface area (Å²) in [6.45, 7) is -0.262. The lowest BCUT2D eigenvalue weighted by Crippen LogP contribution is -2.28. The van der Waals surface area contributed by atoms with Gasteiger partial charge in [0, 0.05) is 12.6 Å². The number of aliphatic hydroxyl groups is 1. The maximum Gasteiger partial charge on any atom is 0.258 e. The van der Waals surface area contributed by atoms with E-state index in [1.54, 1.807) is 24.3 Å². The van der Waals surface area contributed by atoms with Gasteiger partial charge in [0.05, 0.1) is 6.61 Å². The van der Waals surface area contributed by atoms with Crippen LogP contribution in [-0.4, -0.2) is 17.6 Å². The summed E-state index contributed by atoms with van der Waals surface area (Å²) in [5.41, 5.74) is 1.07. The topological polar surface area (TPSA) is 58.6 Å². The Balaban J connectivity index is 1.80. The van der Waals surface area contributed by atoms with Gasteiger partial charge in [-0.15, -0.1) is 0 Å². The molecule has 0 aliphatic carbocycles. The van der Waals surface area contributed by atoms with Crippen LogP contribution in [-0.2, 0) is 17.9 Å². The van der Waals surface area contributed by atoms with Crippen molar-refractivity contribution in [3.05, 3.63) is 65.2 Å². The number of benzene rings is 2. The fourth-order valence-corrected chi connectivity index (χ4v) is 1.80. The Morgan fingerprint density at radius 1 is 1.05 bits per heavy atom. The minimum absolute atomic E-state index is 0.0142. The second-order valence-corrected chi connectivity index (χ2v) is 4.65. The van der Waals surface area contributed by atoms with Crippen LogP contribution in [0, 0.1) is 11.6 Å². The molecule has 0 saturated heterocycles. The summed E-state index contributed by atoms with van der Waals surface area (Å²) in [4.78, 5) is 11.6. The molecule has 0 heterocycles. The number of nitrogens with one attached hydrogen (secondary N) is 1. The lowest BCUT2D eigenvalue weighted by Gasteiger charge is -2.08. The maximum absolute atomic E-state index is 13.0. The molecule has 0 aliphatic heterocycles. The molecule has 0 atom stereocenters. The summed E-state index contributed by atoms with van der Waals surface area (Å²) in [6.07, 6.45) is 0. The average Bonchev–Trinajstić information content (AvgIpc) is 2.50. The Morgan fingerprint density at radius 3 is 2.27 bits per heavy atom. The molecule has 0 radical (unpaired) electrons. The fourth-order valence-electron chi connectivity index (χ4n) is 1.80. The highest BCUT2D eigenvalue weighted by molar-refractivity contribution is 5.77. The van der Waals surface area contributed by atoms with Crippen molar-refractivity contribution in [2.45, 2.75) is 13.2 Å². The van der Waals surface area contributed by atoms with E-state index < -0.39 is 17.5 Å². The first-order valence-corrected chi connectivity index (χ1v) is 6.61. The summed E-state index contributed by atoms with van der Waals surface area (Å²) < 4.78 is 31.2. The number of amides is 1. The summed E-state index contributed by atoms with van der Waals surface area (Å²) in [7, 11) is 0. The number of ether oxygens (including phenoxy) is 1. The molecule has 0 fully saturated rings. The second kappa shape index (κ2) is 7.51. The second-order valence-electron chi connectivity index (χ2n) is 4.65. The molecule has 0 aliphatic rings. The quantitative estimate of drug-likeness (QED) is 0.860. The monoisotopic (exact) mass is 307 g/mol. The number of carbonyl (C=O) groups is 1. The van der Waals surface area contributed by atoms with Gasteiger partial charge in [-0.2, -0.15) is 0 Å². The molecule has 6 heteroatoms. The third-order valence-corrected chi connectivity index (χ3v) is 2.89. The Labute approximate surface area is 126 Å². The summed E-state index contributed by atoms with van der Waals surface area (Å²) in [5.74, 6) is -1.30. The summed E-state index contributed by atoms with van der Waals surface area (Å²) in [6, 6.07) is 9.72. The lowest BCUT2D eigenvalue weighted by atomic mass is 10.2. The molecule has 22 heavy (non-hydrogen) atoms. The lowest BCUT2D eigenvalue weighted by molar-refractivity contribution is -0.123. The first-order valence-electron chi connectivity index (χ1n) is 6.61. The van der Waals surface area contributed by atoms with E-state index in [-0.39, 0.29) is 19.8 Å². The Bertz CT molecular complexity index is 624. The fraction of sp³-hybridized carbons (Fsp3) is 0.188. The highest BCUT2D eigenvalue weighted by Crippen LogP contribution is 2.12. The third-order valence-electron chi connectivity index (χ3n) is 2.89. The van der Waals surface area contributed by atoms with Gasteiger partial charge in [0.15, 0.2) is 6.61 Å². The van der Waals surface area contributed by atoms with Crippen molar-refractivity contribution >= 4 is 5.91 Å². The van der Waals surface area contributed by atoms with Gasteiger partial charge in [0.2, 0.25) is 0 Å². The zero-order chi connectivity index (χ0) is 15.9. The number of aliphatic hydroxyl groups excluding tert-OH is 1. The molecular formula is C16H15F2NO3. The van der Waals surface area contributed by atoms with Gasteiger partial charge >= 0.3 is 0 Å². The van der Waals surface area contributed by atoms with Crippen molar-refractivity contribution in [3.8, 4) is 5.75 Å². The van der Waals surface area contributed by atoms with Crippen LogP contribution in [0.3, 0.4) is 0 Å². The normalized spacial score (nSPS) is 10.3. The van der Waals surface area contributed by atoms with Crippen molar-refractivity contribution in [1.29, 1.82) is 0 Å².